The topological polar surface area (TPSA) is 72.9 Å². The lowest BCUT2D eigenvalue weighted by atomic mass is 10.1. The monoisotopic (exact) mass is 391 g/mol. The van der Waals surface area contributed by atoms with Crippen molar-refractivity contribution in [3.8, 4) is 5.75 Å². The van der Waals surface area contributed by atoms with Gasteiger partial charge in [-0.3, -0.25) is 9.10 Å². The molecule has 0 atom stereocenters. The highest BCUT2D eigenvalue weighted by atomic mass is 32.2. The van der Waals surface area contributed by atoms with Crippen molar-refractivity contribution in [1.29, 1.82) is 0 Å². The van der Waals surface area contributed by atoms with Crippen molar-refractivity contribution >= 4 is 21.7 Å². The van der Waals surface area contributed by atoms with Crippen molar-refractivity contribution in [2.75, 3.05) is 24.6 Å². The van der Waals surface area contributed by atoms with E-state index in [1.807, 2.05) is 32.0 Å². The fraction of sp³-hybridized carbons (Fsp3) is 0.350. The fourth-order valence-corrected chi connectivity index (χ4v) is 4.57. The Morgan fingerprint density at radius 2 is 1.67 bits per heavy atom. The zero-order valence-corrected chi connectivity index (χ0v) is 17.1. The average Bonchev–Trinajstić information content (AvgIpc) is 2.60. The van der Waals surface area contributed by atoms with Gasteiger partial charge < -0.3 is 9.47 Å². The van der Waals surface area contributed by atoms with Gasteiger partial charge in [0, 0.05) is 0 Å². The minimum atomic E-state index is -3.98. The molecule has 0 saturated heterocycles. The number of para-hydroxylation sites is 1. The molecule has 0 aliphatic carbocycles. The van der Waals surface area contributed by atoms with Crippen molar-refractivity contribution in [2.45, 2.75) is 32.6 Å². The van der Waals surface area contributed by atoms with Crippen LogP contribution in [0.3, 0.4) is 0 Å². The minimum absolute atomic E-state index is 0.0905. The van der Waals surface area contributed by atoms with E-state index in [0.717, 1.165) is 15.4 Å². The number of anilines is 1. The molecule has 0 amide bonds. The van der Waals surface area contributed by atoms with Crippen LogP contribution in [0.25, 0.3) is 0 Å². The van der Waals surface area contributed by atoms with Gasteiger partial charge >= 0.3 is 5.97 Å². The number of methoxy groups -OCH3 is 1. The maximum absolute atomic E-state index is 13.4. The molecule has 0 unspecified atom stereocenters. The van der Waals surface area contributed by atoms with Gasteiger partial charge in [0.2, 0.25) is 0 Å². The summed E-state index contributed by atoms with van der Waals surface area (Å²) in [5, 5.41) is 0. The summed E-state index contributed by atoms with van der Waals surface area (Å²) < 4.78 is 38.1. The van der Waals surface area contributed by atoms with Crippen LogP contribution in [0, 0.1) is 20.8 Å². The predicted octanol–water partition coefficient (Wildman–Crippen LogP) is 3.38. The first-order chi connectivity index (χ1) is 12.7. The molecule has 0 aliphatic rings. The third kappa shape index (κ3) is 4.42. The van der Waals surface area contributed by atoms with Gasteiger partial charge in [0.25, 0.3) is 10.0 Å². The van der Waals surface area contributed by atoms with E-state index in [1.165, 1.54) is 13.2 Å². The smallest absolute Gasteiger partial charge is 0.326 e. The fourth-order valence-electron chi connectivity index (χ4n) is 2.95. The second kappa shape index (κ2) is 8.43. The van der Waals surface area contributed by atoms with Crippen molar-refractivity contribution in [1.82, 2.24) is 0 Å². The molecule has 0 bridgehead atoms. The molecule has 0 aromatic heterocycles. The van der Waals surface area contributed by atoms with Gasteiger partial charge in [0.05, 0.1) is 24.3 Å². The molecule has 0 radical (unpaired) electrons. The third-order valence-corrected chi connectivity index (χ3v) is 5.96. The molecule has 0 aliphatic heterocycles. The molecule has 0 saturated carbocycles. The van der Waals surface area contributed by atoms with E-state index in [9.17, 15) is 13.2 Å². The normalized spacial score (nSPS) is 11.1. The molecule has 146 valence electrons. The average molecular weight is 391 g/mol. The molecule has 0 heterocycles. The van der Waals surface area contributed by atoms with E-state index in [0.29, 0.717) is 17.0 Å². The molecule has 7 heteroatoms. The van der Waals surface area contributed by atoms with E-state index in [1.54, 1.807) is 26.0 Å². The molecule has 2 aromatic carbocycles. The Kier molecular flexibility index (Phi) is 6.49. The van der Waals surface area contributed by atoms with Gasteiger partial charge in [-0.15, -0.1) is 0 Å². The van der Waals surface area contributed by atoms with Crippen LogP contribution in [-0.2, 0) is 19.6 Å². The highest BCUT2D eigenvalue weighted by molar-refractivity contribution is 7.92. The Bertz CT molecular complexity index is 917. The minimum Gasteiger partial charge on any atom is -0.496 e. The highest BCUT2D eigenvalue weighted by Crippen LogP contribution is 2.31. The van der Waals surface area contributed by atoms with Gasteiger partial charge in [-0.2, -0.15) is 0 Å². The van der Waals surface area contributed by atoms with E-state index in [2.05, 4.69) is 0 Å². The van der Waals surface area contributed by atoms with Crippen molar-refractivity contribution in [3.05, 3.63) is 53.1 Å². The first kappa shape index (κ1) is 20.8. The molecule has 6 nitrogen and oxygen atoms in total. The molecule has 0 fully saturated rings. The zero-order valence-electron chi connectivity index (χ0n) is 16.3. The van der Waals surface area contributed by atoms with Gasteiger partial charge in [-0.25, -0.2) is 8.42 Å². The SMILES string of the molecule is CCOC(=O)CN(c1c(C)cccc1C)S(=O)(=O)c1ccc(OC)c(C)c1. The number of sulfonamides is 1. The predicted molar refractivity (Wildman–Crippen MR) is 105 cm³/mol. The van der Waals surface area contributed by atoms with Gasteiger partial charge in [-0.05, 0) is 62.6 Å². The van der Waals surface area contributed by atoms with E-state index in [4.69, 9.17) is 9.47 Å². The summed E-state index contributed by atoms with van der Waals surface area (Å²) in [5.74, 6) is -0.00748. The Labute approximate surface area is 160 Å². The van der Waals surface area contributed by atoms with Crippen LogP contribution >= 0.6 is 0 Å². The van der Waals surface area contributed by atoms with Gasteiger partial charge in [0.1, 0.15) is 12.3 Å². The summed E-state index contributed by atoms with van der Waals surface area (Å²) in [6.45, 7) is 6.87. The van der Waals surface area contributed by atoms with E-state index in [-0.39, 0.29) is 11.5 Å². The quantitative estimate of drug-likeness (QED) is 0.677. The molecule has 0 spiro atoms. The van der Waals surface area contributed by atoms with Gasteiger partial charge in [-0.1, -0.05) is 18.2 Å². The Balaban J connectivity index is 2.61. The summed E-state index contributed by atoms with van der Waals surface area (Å²) in [5.41, 5.74) is 2.69. The highest BCUT2D eigenvalue weighted by Gasteiger charge is 2.30. The van der Waals surface area contributed by atoms with E-state index < -0.39 is 22.5 Å². The molecule has 27 heavy (non-hydrogen) atoms. The molecule has 2 rings (SSSR count). The Hall–Kier alpha value is -2.54. The van der Waals surface area contributed by atoms with Crippen LogP contribution in [0.15, 0.2) is 41.3 Å². The first-order valence-electron chi connectivity index (χ1n) is 8.61. The molecule has 0 N–H and O–H groups in total. The van der Waals surface area contributed by atoms with Crippen molar-refractivity contribution in [2.24, 2.45) is 0 Å². The Morgan fingerprint density at radius 1 is 1.04 bits per heavy atom. The van der Waals surface area contributed by atoms with Crippen LogP contribution in [0.2, 0.25) is 0 Å². The largest absolute Gasteiger partial charge is 0.496 e. The Morgan fingerprint density at radius 3 is 2.19 bits per heavy atom. The number of esters is 1. The second-order valence-corrected chi connectivity index (χ2v) is 8.05. The number of ether oxygens (including phenoxy) is 2. The number of rotatable bonds is 7. The van der Waals surface area contributed by atoms with Crippen LogP contribution in [0.4, 0.5) is 5.69 Å². The summed E-state index contributed by atoms with van der Waals surface area (Å²) in [6, 6.07) is 10.1. The standard InChI is InChI=1S/C20H25NO5S/c1-6-26-19(22)13-21(20-14(2)8-7-9-15(20)3)27(23,24)17-10-11-18(25-5)16(4)12-17/h7-12H,6,13H2,1-5H3. The maximum Gasteiger partial charge on any atom is 0.326 e. The number of carbonyl (C=O) groups is 1. The first-order valence-corrected chi connectivity index (χ1v) is 10.1. The zero-order chi connectivity index (χ0) is 20.2. The van der Waals surface area contributed by atoms with Crippen molar-refractivity contribution in [3.63, 3.8) is 0 Å². The molecular formula is C20H25NO5S. The number of hydrogen-bond donors (Lipinski definition) is 0. The van der Waals surface area contributed by atoms with Gasteiger partial charge in [0.15, 0.2) is 0 Å². The lowest BCUT2D eigenvalue weighted by Crippen LogP contribution is -2.37. The summed E-state index contributed by atoms with van der Waals surface area (Å²) >= 11 is 0. The van der Waals surface area contributed by atoms with Crippen molar-refractivity contribution < 1.29 is 22.7 Å². The van der Waals surface area contributed by atoms with Crippen LogP contribution in [0.5, 0.6) is 5.75 Å². The number of nitrogens with zero attached hydrogens (tertiary/aromatic N) is 1. The lowest BCUT2D eigenvalue weighted by molar-refractivity contribution is -0.141. The summed E-state index contributed by atoms with van der Waals surface area (Å²) in [6.07, 6.45) is 0. The van der Waals surface area contributed by atoms with Crippen LogP contribution < -0.4 is 9.04 Å². The lowest BCUT2D eigenvalue weighted by Gasteiger charge is -2.27. The number of carbonyl (C=O) groups excluding carboxylic acids is 1. The number of aryl methyl sites for hydroxylation is 3. The maximum atomic E-state index is 13.4. The third-order valence-electron chi connectivity index (χ3n) is 4.22. The number of benzene rings is 2. The van der Waals surface area contributed by atoms with Crippen LogP contribution in [-0.4, -0.2) is 34.6 Å². The number of hydrogen-bond acceptors (Lipinski definition) is 5. The molecular weight excluding hydrogens is 366 g/mol. The van der Waals surface area contributed by atoms with Crippen LogP contribution in [0.1, 0.15) is 23.6 Å². The molecule has 2 aromatic rings. The summed E-state index contributed by atoms with van der Waals surface area (Å²) in [7, 11) is -2.46. The van der Waals surface area contributed by atoms with E-state index >= 15 is 0 Å². The summed E-state index contributed by atoms with van der Waals surface area (Å²) in [4.78, 5) is 12.2. The second-order valence-electron chi connectivity index (χ2n) is 6.19.